The Morgan fingerprint density at radius 3 is 2.62 bits per heavy atom. The van der Waals surface area contributed by atoms with E-state index in [9.17, 15) is 9.59 Å². The van der Waals surface area contributed by atoms with E-state index in [4.69, 9.17) is 11.6 Å². The van der Waals surface area contributed by atoms with Crippen LogP contribution in [0.4, 0.5) is 11.4 Å². The van der Waals surface area contributed by atoms with Crippen molar-refractivity contribution in [3.63, 3.8) is 0 Å². The van der Waals surface area contributed by atoms with Gasteiger partial charge in [-0.25, -0.2) is 0 Å². The SMILES string of the molecule is CCCNC(=O)c1cccc(NC(=O)CNc2ccccc2Cl)c1. The summed E-state index contributed by atoms with van der Waals surface area (Å²) in [5.74, 6) is -0.372. The Balaban J connectivity index is 1.92. The summed E-state index contributed by atoms with van der Waals surface area (Å²) in [7, 11) is 0. The lowest BCUT2D eigenvalue weighted by Crippen LogP contribution is -2.25. The molecule has 0 aliphatic rings. The minimum absolute atomic E-state index is 0.0794. The Bertz CT molecular complexity index is 719. The van der Waals surface area contributed by atoms with Crippen LogP contribution in [0.5, 0.6) is 0 Å². The van der Waals surface area contributed by atoms with Crippen molar-refractivity contribution in [2.45, 2.75) is 13.3 Å². The molecule has 2 amide bonds. The fourth-order valence-corrected chi connectivity index (χ4v) is 2.27. The summed E-state index contributed by atoms with van der Waals surface area (Å²) in [5, 5.41) is 9.09. The number of hydrogen-bond acceptors (Lipinski definition) is 3. The number of rotatable bonds is 7. The fourth-order valence-electron chi connectivity index (χ4n) is 2.06. The summed E-state index contributed by atoms with van der Waals surface area (Å²) in [5.41, 5.74) is 1.78. The summed E-state index contributed by atoms with van der Waals surface area (Å²) in [4.78, 5) is 24.0. The summed E-state index contributed by atoms with van der Waals surface area (Å²) < 4.78 is 0. The normalized spacial score (nSPS) is 10.1. The standard InChI is InChI=1S/C18H20ClN3O2/c1-2-10-20-18(24)13-6-5-7-14(11-13)22-17(23)12-21-16-9-4-3-8-15(16)19/h3-9,11,21H,2,10,12H2,1H3,(H,20,24)(H,22,23). The minimum atomic E-state index is -0.221. The van der Waals surface area contributed by atoms with Gasteiger partial charge < -0.3 is 16.0 Å². The summed E-state index contributed by atoms with van der Waals surface area (Å²) in [6, 6.07) is 14.0. The molecule has 0 radical (unpaired) electrons. The number of benzene rings is 2. The third-order valence-electron chi connectivity index (χ3n) is 3.26. The zero-order valence-corrected chi connectivity index (χ0v) is 14.2. The van der Waals surface area contributed by atoms with Crippen LogP contribution in [-0.4, -0.2) is 24.9 Å². The molecule has 5 nitrogen and oxygen atoms in total. The predicted molar refractivity (Wildman–Crippen MR) is 97.6 cm³/mol. The van der Waals surface area contributed by atoms with Gasteiger partial charge in [0.15, 0.2) is 0 Å². The molecule has 0 aromatic heterocycles. The van der Waals surface area contributed by atoms with Crippen molar-refractivity contribution >= 4 is 34.8 Å². The van der Waals surface area contributed by atoms with Crippen LogP contribution >= 0.6 is 11.6 Å². The molecule has 0 atom stereocenters. The van der Waals surface area contributed by atoms with Gasteiger partial charge in [0.25, 0.3) is 5.91 Å². The van der Waals surface area contributed by atoms with Crippen molar-refractivity contribution in [2.24, 2.45) is 0 Å². The lowest BCUT2D eigenvalue weighted by molar-refractivity contribution is -0.114. The third kappa shape index (κ3) is 5.28. The molecular formula is C18H20ClN3O2. The van der Waals surface area contributed by atoms with Crippen LogP contribution in [0, 0.1) is 0 Å². The smallest absolute Gasteiger partial charge is 0.251 e. The van der Waals surface area contributed by atoms with E-state index in [1.807, 2.05) is 19.1 Å². The van der Waals surface area contributed by atoms with E-state index in [0.29, 0.717) is 28.5 Å². The second-order valence-electron chi connectivity index (χ2n) is 5.22. The van der Waals surface area contributed by atoms with Crippen molar-refractivity contribution in [1.29, 1.82) is 0 Å². The van der Waals surface area contributed by atoms with Crippen LogP contribution in [0.2, 0.25) is 5.02 Å². The van der Waals surface area contributed by atoms with Gasteiger partial charge >= 0.3 is 0 Å². The van der Waals surface area contributed by atoms with Crippen LogP contribution in [0.3, 0.4) is 0 Å². The number of anilines is 2. The van der Waals surface area contributed by atoms with Crippen LogP contribution in [-0.2, 0) is 4.79 Å². The van der Waals surface area contributed by atoms with Crippen molar-refractivity contribution < 1.29 is 9.59 Å². The highest BCUT2D eigenvalue weighted by Gasteiger charge is 2.08. The van der Waals surface area contributed by atoms with Crippen molar-refractivity contribution in [3.05, 3.63) is 59.1 Å². The first kappa shape index (κ1) is 17.8. The number of nitrogens with one attached hydrogen (secondary N) is 3. The molecule has 0 bridgehead atoms. The molecule has 0 saturated heterocycles. The Labute approximate surface area is 146 Å². The molecular weight excluding hydrogens is 326 g/mol. The zero-order valence-electron chi connectivity index (χ0n) is 13.4. The minimum Gasteiger partial charge on any atom is -0.375 e. The second kappa shape index (κ2) is 8.93. The molecule has 24 heavy (non-hydrogen) atoms. The van der Waals surface area contributed by atoms with Gasteiger partial charge in [0, 0.05) is 17.8 Å². The van der Waals surface area contributed by atoms with E-state index in [-0.39, 0.29) is 18.4 Å². The topological polar surface area (TPSA) is 70.2 Å². The van der Waals surface area contributed by atoms with E-state index in [0.717, 1.165) is 6.42 Å². The summed E-state index contributed by atoms with van der Waals surface area (Å²) >= 11 is 6.03. The maximum atomic E-state index is 12.0. The van der Waals surface area contributed by atoms with Gasteiger partial charge in [-0.15, -0.1) is 0 Å². The van der Waals surface area contributed by atoms with E-state index in [2.05, 4.69) is 16.0 Å². The molecule has 0 unspecified atom stereocenters. The van der Waals surface area contributed by atoms with Gasteiger partial charge in [0.05, 0.1) is 17.3 Å². The lowest BCUT2D eigenvalue weighted by atomic mass is 10.2. The van der Waals surface area contributed by atoms with Crippen molar-refractivity contribution in [2.75, 3.05) is 23.7 Å². The van der Waals surface area contributed by atoms with Crippen molar-refractivity contribution in [1.82, 2.24) is 5.32 Å². The first-order chi connectivity index (χ1) is 11.6. The average Bonchev–Trinajstić information content (AvgIpc) is 2.59. The van der Waals surface area contributed by atoms with Gasteiger partial charge in [-0.2, -0.15) is 0 Å². The molecule has 0 spiro atoms. The Morgan fingerprint density at radius 2 is 1.88 bits per heavy atom. The maximum Gasteiger partial charge on any atom is 0.251 e. The molecule has 126 valence electrons. The average molecular weight is 346 g/mol. The van der Waals surface area contributed by atoms with Gasteiger partial charge in [-0.05, 0) is 36.8 Å². The van der Waals surface area contributed by atoms with Gasteiger partial charge in [0.1, 0.15) is 0 Å². The molecule has 3 N–H and O–H groups in total. The molecule has 2 aromatic rings. The number of carbonyl (C=O) groups excluding carboxylic acids is 2. The molecule has 6 heteroatoms. The van der Waals surface area contributed by atoms with Crippen LogP contribution in [0.25, 0.3) is 0 Å². The number of hydrogen-bond donors (Lipinski definition) is 3. The van der Waals surface area contributed by atoms with E-state index >= 15 is 0 Å². The lowest BCUT2D eigenvalue weighted by Gasteiger charge is -2.10. The Kier molecular flexibility index (Phi) is 6.63. The summed E-state index contributed by atoms with van der Waals surface area (Å²) in [6.45, 7) is 2.69. The molecule has 0 aliphatic carbocycles. The molecule has 0 aliphatic heterocycles. The summed E-state index contributed by atoms with van der Waals surface area (Å²) in [6.07, 6.45) is 0.871. The zero-order chi connectivity index (χ0) is 17.4. The molecule has 0 fully saturated rings. The van der Waals surface area contributed by atoms with Crippen LogP contribution in [0.1, 0.15) is 23.7 Å². The Hall–Kier alpha value is -2.53. The largest absolute Gasteiger partial charge is 0.375 e. The highest BCUT2D eigenvalue weighted by Crippen LogP contribution is 2.20. The van der Waals surface area contributed by atoms with Crippen LogP contribution in [0.15, 0.2) is 48.5 Å². The quantitative estimate of drug-likeness (QED) is 0.719. The molecule has 2 rings (SSSR count). The number of para-hydroxylation sites is 1. The highest BCUT2D eigenvalue weighted by atomic mass is 35.5. The maximum absolute atomic E-state index is 12.0. The van der Waals surface area contributed by atoms with E-state index in [1.165, 1.54) is 0 Å². The van der Waals surface area contributed by atoms with Gasteiger partial charge in [0.2, 0.25) is 5.91 Å². The van der Waals surface area contributed by atoms with Gasteiger partial charge in [-0.3, -0.25) is 9.59 Å². The van der Waals surface area contributed by atoms with E-state index < -0.39 is 0 Å². The molecule has 2 aromatic carbocycles. The Morgan fingerprint density at radius 1 is 1.08 bits per heavy atom. The first-order valence-electron chi connectivity index (χ1n) is 7.76. The number of halogens is 1. The third-order valence-corrected chi connectivity index (χ3v) is 3.59. The number of amides is 2. The predicted octanol–water partition coefficient (Wildman–Crippen LogP) is 3.53. The number of carbonyl (C=O) groups is 2. The molecule has 0 saturated carbocycles. The fraction of sp³-hybridized carbons (Fsp3) is 0.222. The second-order valence-corrected chi connectivity index (χ2v) is 5.63. The van der Waals surface area contributed by atoms with Gasteiger partial charge in [-0.1, -0.05) is 36.7 Å². The molecule has 0 heterocycles. The first-order valence-corrected chi connectivity index (χ1v) is 8.14. The van der Waals surface area contributed by atoms with Crippen molar-refractivity contribution in [3.8, 4) is 0 Å². The van der Waals surface area contributed by atoms with Crippen LogP contribution < -0.4 is 16.0 Å². The van der Waals surface area contributed by atoms with E-state index in [1.54, 1.807) is 36.4 Å². The highest BCUT2D eigenvalue weighted by molar-refractivity contribution is 6.33. The monoisotopic (exact) mass is 345 g/mol.